The van der Waals surface area contributed by atoms with Crippen LogP contribution in [-0.2, 0) is 6.18 Å². The highest BCUT2D eigenvalue weighted by atomic mass is 19.4. The number of carbonyl (C=O) groups is 1. The quantitative estimate of drug-likeness (QED) is 0.524. The minimum Gasteiger partial charge on any atom is -0.491 e. The molecule has 2 aromatic carbocycles. The lowest BCUT2D eigenvalue weighted by Crippen LogP contribution is -2.32. The number of aromatic nitrogens is 3. The van der Waals surface area contributed by atoms with E-state index in [4.69, 9.17) is 14.6 Å². The molecule has 0 radical (unpaired) electrons. The lowest BCUT2D eigenvalue weighted by Gasteiger charge is -2.24. The number of nitrogens with two attached hydrogens (primary N) is 1. The first kappa shape index (κ1) is 15.9. The van der Waals surface area contributed by atoms with Gasteiger partial charge in [-0.05, 0) is 30.3 Å². The van der Waals surface area contributed by atoms with Gasteiger partial charge in [-0.2, -0.15) is 13.2 Å². The number of carbonyl (C=O) groups excluding carboxylic acids is 1. The summed E-state index contributed by atoms with van der Waals surface area (Å²) in [6, 6.07) is 6.10. The number of rotatable bonds is 2. The minimum absolute atomic E-state index is 0.0468. The van der Waals surface area contributed by atoms with Gasteiger partial charge in [-0.15, -0.1) is 0 Å². The van der Waals surface area contributed by atoms with Crippen LogP contribution in [-0.4, -0.2) is 38.8 Å². The zero-order valence-corrected chi connectivity index (χ0v) is 15.7. The molecule has 7 nitrogen and oxygen atoms in total. The van der Waals surface area contributed by atoms with Crippen LogP contribution in [0.3, 0.4) is 0 Å². The summed E-state index contributed by atoms with van der Waals surface area (Å²) in [5.41, 5.74) is 6.70. The average Bonchev–Trinajstić information content (AvgIpc) is 3.40. The van der Waals surface area contributed by atoms with Crippen LogP contribution in [0.2, 0.25) is 0 Å². The van der Waals surface area contributed by atoms with Crippen molar-refractivity contribution in [1.82, 2.24) is 19.3 Å². The number of alkyl halides is 3. The molecule has 1 aliphatic heterocycles. The normalized spacial score (nSPS) is 17.6. The Bertz CT molecular complexity index is 1450. The van der Waals surface area contributed by atoms with E-state index in [0.29, 0.717) is 21.5 Å². The number of nitrogen functional groups attached to an aromatic ring is 1. The zero-order valence-electron chi connectivity index (χ0n) is 18.7. The first-order valence-electron chi connectivity index (χ1n) is 10.6. The molecule has 1 atom stereocenters. The number of ether oxygens (including phenoxy) is 1. The molecule has 0 aliphatic carbocycles. The van der Waals surface area contributed by atoms with Crippen molar-refractivity contribution in [2.24, 2.45) is 0 Å². The third-order valence-electron chi connectivity index (χ3n) is 5.25. The Morgan fingerprint density at radius 3 is 2.90 bits per heavy atom. The molecule has 10 heteroatoms. The summed E-state index contributed by atoms with van der Waals surface area (Å²) in [7, 11) is 0. The number of hydrogen-bond donors (Lipinski definition) is 1. The van der Waals surface area contributed by atoms with Gasteiger partial charge in [0.25, 0.3) is 5.91 Å². The Hall–Kier alpha value is -3.82. The van der Waals surface area contributed by atoms with Crippen LogP contribution >= 0.6 is 0 Å². The highest BCUT2D eigenvalue weighted by Gasteiger charge is 2.36. The summed E-state index contributed by atoms with van der Waals surface area (Å²) >= 11 is 0. The molecule has 31 heavy (non-hydrogen) atoms. The lowest BCUT2D eigenvalue weighted by molar-refractivity contribution is -0.137. The fourth-order valence-electron chi connectivity index (χ4n) is 3.67. The van der Waals surface area contributed by atoms with Crippen molar-refractivity contribution in [3.8, 4) is 5.75 Å². The predicted octanol–water partition coefficient (Wildman–Crippen LogP) is 3.69. The molecule has 2 aromatic heterocycles. The molecule has 3 heterocycles. The minimum atomic E-state index is -4.59. The molecule has 0 saturated carbocycles. The largest absolute Gasteiger partial charge is 0.491 e. The van der Waals surface area contributed by atoms with Gasteiger partial charge in [-0.3, -0.25) is 9.20 Å². The fraction of sp³-hybridized carbons (Fsp3) is 0.190. The summed E-state index contributed by atoms with van der Waals surface area (Å²) in [6.07, 6.45) is -1.59. The summed E-state index contributed by atoms with van der Waals surface area (Å²) in [6.45, 7) is -3.19. The van der Waals surface area contributed by atoms with E-state index in [0.717, 1.165) is 18.2 Å². The molecule has 0 spiro atoms. The van der Waals surface area contributed by atoms with Gasteiger partial charge < -0.3 is 15.4 Å². The van der Waals surface area contributed by atoms with Crippen LogP contribution in [0.15, 0.2) is 48.9 Å². The summed E-state index contributed by atoms with van der Waals surface area (Å²) in [5, 5.41) is 0. The van der Waals surface area contributed by atoms with Gasteiger partial charge in [0, 0.05) is 22.2 Å². The van der Waals surface area contributed by atoms with E-state index in [9.17, 15) is 18.0 Å². The number of imidazole rings is 1. The number of halogens is 3. The Morgan fingerprint density at radius 1 is 1.29 bits per heavy atom. The number of hydrogen-bond acceptors (Lipinski definition) is 5. The second kappa shape index (κ2) is 6.59. The lowest BCUT2D eigenvalue weighted by atomic mass is 10.0. The van der Waals surface area contributed by atoms with E-state index >= 15 is 0 Å². The van der Waals surface area contributed by atoms with E-state index in [1.807, 2.05) is 0 Å². The number of amides is 1. The average molecular weight is 430 g/mol. The zero-order chi connectivity index (χ0) is 24.4. The molecule has 1 amide bonds. The van der Waals surface area contributed by atoms with E-state index in [-0.39, 0.29) is 29.3 Å². The smallest absolute Gasteiger partial charge is 0.416 e. The SMILES string of the molecule is [2H]C([2H])([2H])N(C(=O)c1ccc2nc(N)c3cncn3c2c1)C1COc2cc(C(F)(F)F)ccc21. The Balaban J connectivity index is 1.58. The van der Waals surface area contributed by atoms with Crippen molar-refractivity contribution in [2.45, 2.75) is 12.2 Å². The molecule has 5 rings (SSSR count). The Morgan fingerprint density at radius 2 is 2.13 bits per heavy atom. The van der Waals surface area contributed by atoms with E-state index in [1.54, 1.807) is 4.40 Å². The van der Waals surface area contributed by atoms with Crippen LogP contribution < -0.4 is 10.5 Å². The van der Waals surface area contributed by atoms with Crippen LogP contribution in [0.5, 0.6) is 5.75 Å². The molecule has 1 unspecified atom stereocenters. The number of anilines is 1. The maximum absolute atomic E-state index is 13.5. The van der Waals surface area contributed by atoms with Crippen LogP contribution in [0.1, 0.15) is 31.6 Å². The maximum atomic E-state index is 13.5. The fourth-order valence-corrected chi connectivity index (χ4v) is 3.67. The molecule has 1 aliphatic rings. The summed E-state index contributed by atoms with van der Waals surface area (Å²) in [4.78, 5) is 22.4. The predicted molar refractivity (Wildman–Crippen MR) is 107 cm³/mol. The molecular weight excluding hydrogens is 411 g/mol. The first-order chi connectivity index (χ1) is 15.9. The highest BCUT2D eigenvalue weighted by Crippen LogP contribution is 2.40. The van der Waals surface area contributed by atoms with Gasteiger partial charge in [-0.1, -0.05) is 6.07 Å². The van der Waals surface area contributed by atoms with E-state index in [1.165, 1.54) is 30.7 Å². The number of benzene rings is 2. The van der Waals surface area contributed by atoms with Gasteiger partial charge in [-0.25, -0.2) is 9.97 Å². The Kier molecular flexibility index (Phi) is 3.39. The Labute approximate surface area is 178 Å². The van der Waals surface area contributed by atoms with Gasteiger partial charge in [0.15, 0.2) is 0 Å². The molecular formula is C21H16F3N5O2. The van der Waals surface area contributed by atoms with Crippen molar-refractivity contribution in [3.05, 3.63) is 65.6 Å². The van der Waals surface area contributed by atoms with Gasteiger partial charge in [0.2, 0.25) is 0 Å². The van der Waals surface area contributed by atoms with Gasteiger partial charge in [0.05, 0.1) is 35.2 Å². The monoisotopic (exact) mass is 430 g/mol. The molecule has 0 fully saturated rings. The van der Waals surface area contributed by atoms with E-state index < -0.39 is 30.7 Å². The molecule has 158 valence electrons. The van der Waals surface area contributed by atoms with Crippen molar-refractivity contribution >= 4 is 28.3 Å². The molecule has 2 N–H and O–H groups in total. The van der Waals surface area contributed by atoms with Crippen molar-refractivity contribution in [2.75, 3.05) is 19.3 Å². The second-order valence-electron chi connectivity index (χ2n) is 7.10. The number of likely N-dealkylation sites (N-methyl/N-ethyl adjacent to an activating group) is 1. The first-order valence-corrected chi connectivity index (χ1v) is 9.14. The number of fused-ring (bicyclic) bond motifs is 4. The van der Waals surface area contributed by atoms with Crippen molar-refractivity contribution in [3.63, 3.8) is 0 Å². The molecule has 0 bridgehead atoms. The van der Waals surface area contributed by atoms with Crippen molar-refractivity contribution in [1.29, 1.82) is 0 Å². The van der Waals surface area contributed by atoms with Crippen LogP contribution in [0.4, 0.5) is 19.0 Å². The summed E-state index contributed by atoms with van der Waals surface area (Å²) < 4.78 is 70.1. The molecule has 4 aromatic rings. The van der Waals surface area contributed by atoms with Crippen LogP contribution in [0, 0.1) is 0 Å². The topological polar surface area (TPSA) is 85.8 Å². The highest BCUT2D eigenvalue weighted by molar-refractivity contribution is 5.98. The second-order valence-corrected chi connectivity index (χ2v) is 7.10. The standard InChI is InChI=1S/C21H16F3N5O2/c1-28(17-9-31-18-7-12(21(22,23)24)3-4-13(17)18)20(30)11-2-5-14-15(6-11)29-10-26-8-16(29)19(25)27-14/h2-8,10,17H,9H2,1H3,(H2,25,27)/i1D3. The van der Waals surface area contributed by atoms with E-state index in [2.05, 4.69) is 9.97 Å². The van der Waals surface area contributed by atoms with Crippen molar-refractivity contribution < 1.29 is 26.8 Å². The number of nitrogens with zero attached hydrogens (tertiary/aromatic N) is 4. The third kappa shape index (κ3) is 3.02. The molecule has 0 saturated heterocycles. The third-order valence-corrected chi connectivity index (χ3v) is 5.25. The van der Waals surface area contributed by atoms with Gasteiger partial charge >= 0.3 is 6.18 Å². The maximum Gasteiger partial charge on any atom is 0.416 e. The summed E-state index contributed by atoms with van der Waals surface area (Å²) in [5.74, 6) is -0.709. The van der Waals surface area contributed by atoms with Crippen LogP contribution in [0.25, 0.3) is 16.6 Å². The van der Waals surface area contributed by atoms with Gasteiger partial charge in [0.1, 0.15) is 23.7 Å².